The van der Waals surface area contributed by atoms with Gasteiger partial charge in [0.15, 0.2) is 0 Å². The minimum absolute atomic E-state index is 0.0921. The molecule has 0 heterocycles. The van der Waals surface area contributed by atoms with Crippen molar-refractivity contribution in [2.24, 2.45) is 0 Å². The second kappa shape index (κ2) is 27.6. The molecule has 0 bridgehead atoms. The van der Waals surface area contributed by atoms with Crippen LogP contribution in [0.15, 0.2) is 47.4 Å². The van der Waals surface area contributed by atoms with Gasteiger partial charge in [-0.2, -0.15) is 8.42 Å². The average Bonchev–Trinajstić information content (AvgIpc) is 3.04. The van der Waals surface area contributed by atoms with E-state index >= 15 is 0 Å². The highest BCUT2D eigenvalue weighted by atomic mass is 32.2. The van der Waals surface area contributed by atoms with Crippen LogP contribution in [0.3, 0.4) is 0 Å². The molecule has 0 aromatic heterocycles. The fourth-order valence-corrected chi connectivity index (χ4v) is 5.95. The normalized spacial score (nSPS) is 11.9. The Balaban J connectivity index is 2.39. The predicted molar refractivity (Wildman–Crippen MR) is 188 cm³/mol. The molecule has 0 saturated carbocycles. The van der Waals surface area contributed by atoms with Crippen LogP contribution in [0.5, 0.6) is 0 Å². The van der Waals surface area contributed by atoms with Gasteiger partial charge >= 0.3 is 11.9 Å². The highest BCUT2D eigenvalue weighted by Gasteiger charge is 2.28. The summed E-state index contributed by atoms with van der Waals surface area (Å²) < 4.78 is 44.5. The van der Waals surface area contributed by atoms with Crippen molar-refractivity contribution in [3.8, 4) is 0 Å². The fourth-order valence-electron chi connectivity index (χ4n) is 5.24. The van der Waals surface area contributed by atoms with Gasteiger partial charge in [-0.1, -0.05) is 121 Å². The van der Waals surface area contributed by atoms with Crippen LogP contribution >= 0.6 is 0 Å². The Bertz CT molecular complexity index is 1110. The lowest BCUT2D eigenvalue weighted by atomic mass is 10.1. The van der Waals surface area contributed by atoms with E-state index in [1.165, 1.54) is 76.3 Å². The largest absolute Gasteiger partial charge is 0.462 e. The maximum Gasteiger partial charge on any atom is 0.340 e. The van der Waals surface area contributed by atoms with E-state index < -0.39 is 32.5 Å². The summed E-state index contributed by atoms with van der Waals surface area (Å²) in [6.45, 7) is 4.70. The van der Waals surface area contributed by atoms with E-state index in [0.29, 0.717) is 12.8 Å². The lowest BCUT2D eigenvalue weighted by Crippen LogP contribution is -2.19. The van der Waals surface area contributed by atoms with Crippen LogP contribution in [0.4, 0.5) is 0 Å². The predicted octanol–water partition coefficient (Wildman–Crippen LogP) is 11.0. The minimum Gasteiger partial charge on any atom is -0.462 e. The summed E-state index contributed by atoms with van der Waals surface area (Å²) in [5.41, 5.74) is -0.705. The van der Waals surface area contributed by atoms with Crippen molar-refractivity contribution in [3.05, 3.63) is 53.6 Å². The van der Waals surface area contributed by atoms with Crippen LogP contribution in [-0.4, -0.2) is 38.1 Å². The van der Waals surface area contributed by atoms with Gasteiger partial charge in [0.05, 0.1) is 24.3 Å². The van der Waals surface area contributed by atoms with E-state index in [1.54, 1.807) is 0 Å². The zero-order chi connectivity index (χ0) is 33.7. The molecule has 46 heavy (non-hydrogen) atoms. The standard InChI is InChI=1S/C38H62O7S/c1-3-5-7-9-11-13-15-17-19-21-23-25-27-32-44-37(39)34-30-29-31-35(46(41,42)43)36(34)38(40)45-33-28-26-24-22-20-18-16-14-12-10-8-6-4-2/h15-18,29-31H,3-14,19-28,32-33H2,1-2H3,(H,41,42,43)/b17-15+,18-16+. The van der Waals surface area contributed by atoms with Crippen LogP contribution in [0.2, 0.25) is 0 Å². The van der Waals surface area contributed by atoms with Crippen molar-refractivity contribution in [2.45, 2.75) is 160 Å². The first kappa shape index (κ1) is 41.6. The molecule has 1 aromatic carbocycles. The number of benzene rings is 1. The van der Waals surface area contributed by atoms with Gasteiger partial charge in [-0.25, -0.2) is 9.59 Å². The Hall–Kier alpha value is -2.45. The Kier molecular flexibility index (Phi) is 25.0. The van der Waals surface area contributed by atoms with Gasteiger partial charge in [-0.15, -0.1) is 0 Å². The summed E-state index contributed by atoms with van der Waals surface area (Å²) in [6, 6.07) is 3.71. The van der Waals surface area contributed by atoms with Gasteiger partial charge in [0, 0.05) is 0 Å². The van der Waals surface area contributed by atoms with Crippen molar-refractivity contribution in [3.63, 3.8) is 0 Å². The highest BCUT2D eigenvalue weighted by Crippen LogP contribution is 2.23. The molecule has 0 aliphatic carbocycles. The first-order valence-electron chi connectivity index (χ1n) is 18.1. The highest BCUT2D eigenvalue weighted by molar-refractivity contribution is 7.86. The molecule has 0 unspecified atom stereocenters. The van der Waals surface area contributed by atoms with Gasteiger partial charge < -0.3 is 9.47 Å². The van der Waals surface area contributed by atoms with E-state index in [-0.39, 0.29) is 18.8 Å². The first-order valence-corrected chi connectivity index (χ1v) is 19.5. The zero-order valence-corrected chi connectivity index (χ0v) is 29.6. The number of hydrogen-bond acceptors (Lipinski definition) is 6. The Morgan fingerprint density at radius 2 is 0.978 bits per heavy atom. The van der Waals surface area contributed by atoms with Crippen LogP contribution in [0, 0.1) is 0 Å². The third kappa shape index (κ3) is 20.6. The number of carbonyl (C=O) groups excluding carboxylic acids is 2. The van der Waals surface area contributed by atoms with Gasteiger partial charge in [0.25, 0.3) is 10.1 Å². The summed E-state index contributed by atoms with van der Waals surface area (Å²) in [5, 5.41) is 0. The summed E-state index contributed by atoms with van der Waals surface area (Å²) in [6.07, 6.45) is 33.5. The Morgan fingerprint density at radius 3 is 1.39 bits per heavy atom. The number of rotatable bonds is 29. The molecule has 1 N–H and O–H groups in total. The van der Waals surface area contributed by atoms with E-state index in [1.807, 2.05) is 0 Å². The summed E-state index contributed by atoms with van der Waals surface area (Å²) in [5.74, 6) is -1.77. The molecular formula is C38H62O7S. The Morgan fingerprint density at radius 1 is 0.587 bits per heavy atom. The van der Waals surface area contributed by atoms with Crippen molar-refractivity contribution in [2.75, 3.05) is 13.2 Å². The maximum atomic E-state index is 12.9. The Labute approximate surface area is 280 Å². The van der Waals surface area contributed by atoms with E-state index in [2.05, 4.69) is 38.2 Å². The molecule has 0 spiro atoms. The third-order valence-corrected chi connectivity index (χ3v) is 8.90. The molecule has 7 nitrogen and oxygen atoms in total. The molecule has 262 valence electrons. The molecule has 0 fully saturated rings. The number of carbonyl (C=O) groups is 2. The third-order valence-electron chi connectivity index (χ3n) is 8.01. The number of ether oxygens (including phenoxy) is 2. The lowest BCUT2D eigenvalue weighted by Gasteiger charge is -2.13. The topological polar surface area (TPSA) is 107 Å². The molecule has 0 radical (unpaired) electrons. The van der Waals surface area contributed by atoms with Gasteiger partial charge in [0.1, 0.15) is 4.90 Å². The van der Waals surface area contributed by atoms with Crippen molar-refractivity contribution >= 4 is 22.1 Å². The molecule has 0 aliphatic heterocycles. The van der Waals surface area contributed by atoms with Crippen molar-refractivity contribution < 1.29 is 32.0 Å². The fraction of sp³-hybridized carbons (Fsp3) is 0.684. The second-order valence-electron chi connectivity index (χ2n) is 12.2. The number of esters is 2. The van der Waals surface area contributed by atoms with Crippen LogP contribution in [0.25, 0.3) is 0 Å². The number of allylic oxidation sites excluding steroid dienone is 4. The zero-order valence-electron chi connectivity index (χ0n) is 28.8. The molecular weight excluding hydrogens is 600 g/mol. The van der Waals surface area contributed by atoms with Gasteiger partial charge in [0.2, 0.25) is 0 Å². The summed E-state index contributed by atoms with van der Waals surface area (Å²) in [7, 11) is -4.76. The van der Waals surface area contributed by atoms with Crippen LogP contribution in [-0.2, 0) is 19.6 Å². The molecule has 1 aromatic rings. The SMILES string of the molecule is CCCCCCC/C=C/CCCCCCOC(=O)c1cccc(S(=O)(=O)O)c1C(=O)OCCCCCC/C=C/CCCCCCC. The van der Waals surface area contributed by atoms with Gasteiger partial charge in [-0.05, 0) is 76.3 Å². The number of hydrogen-bond donors (Lipinski definition) is 1. The quantitative estimate of drug-likeness (QED) is 0.0393. The van der Waals surface area contributed by atoms with E-state index in [9.17, 15) is 22.6 Å². The molecule has 1 rings (SSSR count). The van der Waals surface area contributed by atoms with Crippen LogP contribution < -0.4 is 0 Å². The molecule has 0 saturated heterocycles. The maximum absolute atomic E-state index is 12.9. The van der Waals surface area contributed by atoms with E-state index in [0.717, 1.165) is 70.3 Å². The second-order valence-corrected chi connectivity index (χ2v) is 13.6. The summed E-state index contributed by atoms with van der Waals surface area (Å²) >= 11 is 0. The van der Waals surface area contributed by atoms with E-state index in [4.69, 9.17) is 9.47 Å². The lowest BCUT2D eigenvalue weighted by molar-refractivity contribution is 0.0446. The minimum atomic E-state index is -4.76. The monoisotopic (exact) mass is 662 g/mol. The van der Waals surface area contributed by atoms with Gasteiger partial charge in [-0.3, -0.25) is 4.55 Å². The molecule has 0 amide bonds. The van der Waals surface area contributed by atoms with Crippen LogP contribution in [0.1, 0.15) is 176 Å². The van der Waals surface area contributed by atoms with Crippen molar-refractivity contribution in [1.29, 1.82) is 0 Å². The van der Waals surface area contributed by atoms with Crippen molar-refractivity contribution in [1.82, 2.24) is 0 Å². The molecule has 0 atom stereocenters. The molecule has 0 aliphatic rings. The first-order chi connectivity index (χ1) is 22.3. The molecule has 8 heteroatoms. The smallest absolute Gasteiger partial charge is 0.340 e. The number of unbranched alkanes of at least 4 members (excludes halogenated alkanes) is 18. The average molecular weight is 663 g/mol. The summed E-state index contributed by atoms with van der Waals surface area (Å²) in [4.78, 5) is 25.1.